The van der Waals surface area contributed by atoms with E-state index in [1.807, 2.05) is 31.2 Å². The van der Waals surface area contributed by atoms with E-state index in [0.29, 0.717) is 19.4 Å². The number of carboxylic acids is 1. The van der Waals surface area contributed by atoms with Gasteiger partial charge in [0, 0.05) is 18.8 Å². The summed E-state index contributed by atoms with van der Waals surface area (Å²) in [6.07, 6.45) is 2.01. The maximum Gasteiger partial charge on any atom is 0.321 e. The molecule has 1 unspecified atom stereocenters. The number of hydrogen-bond acceptors (Lipinski definition) is 2. The fourth-order valence-corrected chi connectivity index (χ4v) is 2.69. The molecule has 0 radical (unpaired) electrons. The second-order valence-corrected chi connectivity index (χ2v) is 5.59. The van der Waals surface area contributed by atoms with Crippen molar-refractivity contribution in [3.05, 3.63) is 29.8 Å². The lowest BCUT2D eigenvalue weighted by Crippen LogP contribution is -2.38. The fraction of sp³-hybridized carbons (Fsp3) is 0.500. The zero-order chi connectivity index (χ0) is 15.5. The number of urea groups is 1. The number of nitrogens with zero attached hydrogens (tertiary/aromatic N) is 1. The highest BCUT2D eigenvalue weighted by molar-refractivity contribution is 5.90. The molecule has 2 amide bonds. The second-order valence-electron chi connectivity index (χ2n) is 5.59. The summed E-state index contributed by atoms with van der Waals surface area (Å²) in [4.78, 5) is 25.2. The lowest BCUT2D eigenvalue weighted by atomic mass is 9.84. The molecule has 5 heteroatoms. The summed E-state index contributed by atoms with van der Waals surface area (Å²) in [5.41, 5.74) is 1.16. The lowest BCUT2D eigenvalue weighted by molar-refractivity contribution is -0.148. The van der Waals surface area contributed by atoms with E-state index in [1.54, 1.807) is 4.90 Å². The first kappa shape index (κ1) is 15.4. The third-order valence-corrected chi connectivity index (χ3v) is 4.38. The smallest absolute Gasteiger partial charge is 0.321 e. The Balaban J connectivity index is 1.99. The van der Waals surface area contributed by atoms with Gasteiger partial charge in [0.25, 0.3) is 0 Å². The molecular weight excluding hydrogens is 268 g/mol. The Kier molecular flexibility index (Phi) is 4.50. The third-order valence-electron chi connectivity index (χ3n) is 4.38. The van der Waals surface area contributed by atoms with E-state index in [-0.39, 0.29) is 12.6 Å². The van der Waals surface area contributed by atoms with Crippen LogP contribution in [0.1, 0.15) is 32.3 Å². The molecule has 5 nitrogen and oxygen atoms in total. The standard InChI is InChI=1S/C16H22N2O3/c1-3-12-5-7-13(8-6-12)17-15(21)18-10-9-16(4-2,11-18)14(19)20/h5-8H,3-4,9-11H2,1-2H3,(H,17,21)(H,19,20). The first-order valence-corrected chi connectivity index (χ1v) is 7.39. The van der Waals surface area contributed by atoms with Crippen LogP contribution in [0.2, 0.25) is 0 Å². The number of carboxylic acid groups (broad SMARTS) is 1. The Bertz CT molecular complexity index is 527. The van der Waals surface area contributed by atoms with E-state index >= 15 is 0 Å². The van der Waals surface area contributed by atoms with Crippen molar-refractivity contribution in [3.8, 4) is 0 Å². The summed E-state index contributed by atoms with van der Waals surface area (Å²) in [7, 11) is 0. The van der Waals surface area contributed by atoms with Crippen LogP contribution in [0, 0.1) is 5.41 Å². The van der Waals surface area contributed by atoms with Gasteiger partial charge in [-0.05, 0) is 37.0 Å². The average molecular weight is 290 g/mol. The Morgan fingerprint density at radius 2 is 1.95 bits per heavy atom. The minimum atomic E-state index is -0.812. The number of benzene rings is 1. The van der Waals surface area contributed by atoms with Crippen LogP contribution in [0.15, 0.2) is 24.3 Å². The van der Waals surface area contributed by atoms with Crippen LogP contribution in [-0.4, -0.2) is 35.1 Å². The van der Waals surface area contributed by atoms with Gasteiger partial charge < -0.3 is 15.3 Å². The minimum absolute atomic E-state index is 0.226. The zero-order valence-electron chi connectivity index (χ0n) is 12.6. The Labute approximate surface area is 125 Å². The summed E-state index contributed by atoms with van der Waals surface area (Å²) in [6.45, 7) is 4.70. The second kappa shape index (κ2) is 6.16. The van der Waals surface area contributed by atoms with Crippen molar-refractivity contribution in [2.75, 3.05) is 18.4 Å². The van der Waals surface area contributed by atoms with E-state index in [2.05, 4.69) is 12.2 Å². The summed E-state index contributed by atoms with van der Waals surface area (Å²) < 4.78 is 0. The van der Waals surface area contributed by atoms with Crippen molar-refractivity contribution in [2.45, 2.75) is 33.1 Å². The molecule has 1 fully saturated rings. The highest BCUT2D eigenvalue weighted by Crippen LogP contribution is 2.34. The van der Waals surface area contributed by atoms with E-state index in [1.165, 1.54) is 5.56 Å². The molecule has 1 saturated heterocycles. The quantitative estimate of drug-likeness (QED) is 0.895. The molecule has 0 bridgehead atoms. The number of carbonyl (C=O) groups is 2. The molecule has 1 heterocycles. The van der Waals surface area contributed by atoms with Gasteiger partial charge in [0.15, 0.2) is 0 Å². The molecule has 1 aliphatic heterocycles. The van der Waals surface area contributed by atoms with Gasteiger partial charge >= 0.3 is 12.0 Å². The van der Waals surface area contributed by atoms with Crippen molar-refractivity contribution in [2.24, 2.45) is 5.41 Å². The molecule has 0 saturated carbocycles. The monoisotopic (exact) mass is 290 g/mol. The maximum absolute atomic E-state index is 12.2. The van der Waals surface area contributed by atoms with Crippen molar-refractivity contribution in [3.63, 3.8) is 0 Å². The topological polar surface area (TPSA) is 69.6 Å². The van der Waals surface area contributed by atoms with Crippen molar-refractivity contribution < 1.29 is 14.7 Å². The lowest BCUT2D eigenvalue weighted by Gasteiger charge is -2.23. The predicted molar refractivity (Wildman–Crippen MR) is 81.4 cm³/mol. The number of amides is 2. The minimum Gasteiger partial charge on any atom is -0.481 e. The molecular formula is C16H22N2O3. The molecule has 2 rings (SSSR count). The van der Waals surface area contributed by atoms with Crippen molar-refractivity contribution >= 4 is 17.7 Å². The van der Waals surface area contributed by atoms with Crippen LogP contribution < -0.4 is 5.32 Å². The Morgan fingerprint density at radius 3 is 2.43 bits per heavy atom. The van der Waals surface area contributed by atoms with Crippen LogP contribution in [0.3, 0.4) is 0 Å². The largest absolute Gasteiger partial charge is 0.481 e. The summed E-state index contributed by atoms with van der Waals surface area (Å²) in [6, 6.07) is 7.48. The molecule has 2 N–H and O–H groups in total. The SMILES string of the molecule is CCc1ccc(NC(=O)N2CCC(CC)(C(=O)O)C2)cc1. The van der Waals surface area contributed by atoms with E-state index in [0.717, 1.165) is 12.1 Å². The molecule has 1 atom stereocenters. The fourth-order valence-electron chi connectivity index (χ4n) is 2.69. The molecule has 1 aromatic rings. The molecule has 1 aliphatic rings. The molecule has 1 aromatic carbocycles. The molecule has 0 aromatic heterocycles. The zero-order valence-corrected chi connectivity index (χ0v) is 12.6. The van der Waals surface area contributed by atoms with Crippen LogP contribution >= 0.6 is 0 Å². The van der Waals surface area contributed by atoms with Gasteiger partial charge in [-0.15, -0.1) is 0 Å². The normalized spacial score (nSPS) is 21.3. The van der Waals surface area contributed by atoms with E-state index in [9.17, 15) is 14.7 Å². The first-order chi connectivity index (χ1) is 10.0. The number of carbonyl (C=O) groups excluding carboxylic acids is 1. The number of aliphatic carboxylic acids is 1. The predicted octanol–water partition coefficient (Wildman–Crippen LogP) is 2.97. The number of hydrogen-bond donors (Lipinski definition) is 2. The summed E-state index contributed by atoms with van der Waals surface area (Å²) >= 11 is 0. The number of nitrogens with one attached hydrogen (secondary N) is 1. The summed E-state index contributed by atoms with van der Waals surface area (Å²) in [5, 5.41) is 12.2. The summed E-state index contributed by atoms with van der Waals surface area (Å²) in [5.74, 6) is -0.812. The molecule has 21 heavy (non-hydrogen) atoms. The van der Waals surface area contributed by atoms with Gasteiger partial charge in [0.05, 0.1) is 5.41 Å². The van der Waals surface area contributed by atoms with E-state index < -0.39 is 11.4 Å². The number of rotatable bonds is 4. The van der Waals surface area contributed by atoms with Gasteiger partial charge in [-0.2, -0.15) is 0 Å². The number of likely N-dealkylation sites (tertiary alicyclic amines) is 1. The van der Waals surface area contributed by atoms with Gasteiger partial charge in [0.1, 0.15) is 0 Å². The maximum atomic E-state index is 12.2. The number of aryl methyl sites for hydroxylation is 1. The van der Waals surface area contributed by atoms with Crippen LogP contribution in [0.5, 0.6) is 0 Å². The highest BCUT2D eigenvalue weighted by atomic mass is 16.4. The van der Waals surface area contributed by atoms with Gasteiger partial charge in [-0.3, -0.25) is 4.79 Å². The van der Waals surface area contributed by atoms with Crippen LogP contribution in [0.4, 0.5) is 10.5 Å². The van der Waals surface area contributed by atoms with Crippen LogP contribution in [0.25, 0.3) is 0 Å². The van der Waals surface area contributed by atoms with Crippen molar-refractivity contribution in [1.82, 2.24) is 4.90 Å². The van der Waals surface area contributed by atoms with Gasteiger partial charge in [-0.25, -0.2) is 4.79 Å². The molecule has 114 valence electrons. The van der Waals surface area contributed by atoms with Crippen molar-refractivity contribution in [1.29, 1.82) is 0 Å². The Morgan fingerprint density at radius 1 is 1.29 bits per heavy atom. The third kappa shape index (κ3) is 3.17. The molecule has 0 aliphatic carbocycles. The first-order valence-electron chi connectivity index (χ1n) is 7.39. The highest BCUT2D eigenvalue weighted by Gasteiger charge is 2.44. The average Bonchev–Trinajstić information content (AvgIpc) is 2.94. The van der Waals surface area contributed by atoms with Gasteiger partial charge in [0.2, 0.25) is 0 Å². The molecule has 0 spiro atoms. The Hall–Kier alpha value is -2.04. The van der Waals surface area contributed by atoms with Crippen LogP contribution in [-0.2, 0) is 11.2 Å². The van der Waals surface area contributed by atoms with E-state index in [4.69, 9.17) is 0 Å². The van der Waals surface area contributed by atoms with Gasteiger partial charge in [-0.1, -0.05) is 26.0 Å². The number of anilines is 1.